The molecule has 0 bridgehead atoms. The second kappa shape index (κ2) is 12.3. The SMILES string of the molecule is c1ccc(-c2cc(-c3cccc(-c4nc5ccc(-c6cccc7sc8ccccc8c67)cc5c5c4oc4ccccc45)c3)nc(-c3ccccc3)n2)cc1. The van der Waals surface area contributed by atoms with Gasteiger partial charge in [0.15, 0.2) is 11.4 Å². The van der Waals surface area contributed by atoms with Gasteiger partial charge in [-0.1, -0.05) is 133 Å². The lowest BCUT2D eigenvalue weighted by Gasteiger charge is -2.12. The third kappa shape index (κ3) is 5.01. The highest BCUT2D eigenvalue weighted by molar-refractivity contribution is 7.25. The molecule has 5 heteroatoms. The summed E-state index contributed by atoms with van der Waals surface area (Å²) in [4.78, 5) is 15.4. The van der Waals surface area contributed by atoms with E-state index in [0.29, 0.717) is 5.82 Å². The van der Waals surface area contributed by atoms with Crippen LogP contribution in [0.3, 0.4) is 0 Å². The summed E-state index contributed by atoms with van der Waals surface area (Å²) in [6.07, 6.45) is 0. The van der Waals surface area contributed by atoms with Crippen LogP contribution in [0.2, 0.25) is 0 Å². The Bertz CT molecular complexity index is 3160. The quantitative estimate of drug-likeness (QED) is 0.179. The smallest absolute Gasteiger partial charge is 0.162 e. The normalized spacial score (nSPS) is 11.7. The number of pyridine rings is 1. The average molecular weight is 708 g/mol. The zero-order valence-corrected chi connectivity index (χ0v) is 29.7. The third-order valence-electron chi connectivity index (χ3n) is 10.3. The molecule has 0 atom stereocenters. The molecule has 0 spiro atoms. The van der Waals surface area contributed by atoms with E-state index in [1.807, 2.05) is 59.9 Å². The van der Waals surface area contributed by atoms with Crippen molar-refractivity contribution in [1.82, 2.24) is 15.0 Å². The number of hydrogen-bond acceptors (Lipinski definition) is 5. The van der Waals surface area contributed by atoms with E-state index in [9.17, 15) is 0 Å². The summed E-state index contributed by atoms with van der Waals surface area (Å²) >= 11 is 1.84. The predicted molar refractivity (Wildman–Crippen MR) is 225 cm³/mol. The van der Waals surface area contributed by atoms with Crippen molar-refractivity contribution < 1.29 is 4.42 Å². The van der Waals surface area contributed by atoms with E-state index in [1.165, 1.54) is 25.7 Å². The Morgan fingerprint density at radius 1 is 0.407 bits per heavy atom. The van der Waals surface area contributed by atoms with Crippen LogP contribution in [0, 0.1) is 0 Å². The van der Waals surface area contributed by atoms with Gasteiger partial charge in [0.2, 0.25) is 0 Å². The van der Waals surface area contributed by atoms with Crippen molar-refractivity contribution in [2.24, 2.45) is 0 Å². The highest BCUT2D eigenvalue weighted by Gasteiger charge is 2.20. The molecule has 0 unspecified atom stereocenters. The van der Waals surface area contributed by atoms with E-state index in [0.717, 1.165) is 77.7 Å². The molecule has 0 fully saturated rings. The van der Waals surface area contributed by atoms with Crippen LogP contribution in [-0.4, -0.2) is 15.0 Å². The predicted octanol–water partition coefficient (Wildman–Crippen LogP) is 13.6. The number of para-hydroxylation sites is 1. The molecule has 7 aromatic carbocycles. The Kier molecular flexibility index (Phi) is 7.00. The molecule has 0 saturated carbocycles. The molecule has 0 N–H and O–H groups in total. The molecule has 0 saturated heterocycles. The number of thiophene rings is 1. The Labute approximate surface area is 314 Å². The van der Waals surface area contributed by atoms with Gasteiger partial charge < -0.3 is 4.42 Å². The number of aromatic nitrogens is 3. The zero-order valence-electron chi connectivity index (χ0n) is 28.9. The van der Waals surface area contributed by atoms with E-state index in [-0.39, 0.29) is 0 Å². The van der Waals surface area contributed by atoms with Gasteiger partial charge in [-0.2, -0.15) is 0 Å². The summed E-state index contributed by atoms with van der Waals surface area (Å²) < 4.78 is 9.31. The van der Waals surface area contributed by atoms with Crippen molar-refractivity contribution >= 4 is 64.4 Å². The van der Waals surface area contributed by atoms with Gasteiger partial charge in [-0.25, -0.2) is 15.0 Å². The maximum Gasteiger partial charge on any atom is 0.162 e. The molecule has 4 heterocycles. The third-order valence-corrected chi connectivity index (χ3v) is 11.4. The molecule has 4 nitrogen and oxygen atoms in total. The van der Waals surface area contributed by atoms with Crippen LogP contribution in [-0.2, 0) is 0 Å². The number of hydrogen-bond donors (Lipinski definition) is 0. The Hall–Kier alpha value is -6.95. The zero-order chi connectivity index (χ0) is 35.6. The first-order chi connectivity index (χ1) is 26.7. The lowest BCUT2D eigenvalue weighted by molar-refractivity contribution is 0.669. The van der Waals surface area contributed by atoms with Crippen LogP contribution in [0.25, 0.3) is 109 Å². The first kappa shape index (κ1) is 30.7. The minimum Gasteiger partial charge on any atom is -0.454 e. The average Bonchev–Trinajstić information content (AvgIpc) is 3.83. The molecular weight excluding hydrogens is 679 g/mol. The van der Waals surface area contributed by atoms with Gasteiger partial charge in [0.1, 0.15) is 11.3 Å². The highest BCUT2D eigenvalue weighted by atomic mass is 32.1. The van der Waals surface area contributed by atoms with Crippen LogP contribution in [0.1, 0.15) is 0 Å². The molecule has 54 heavy (non-hydrogen) atoms. The molecule has 11 rings (SSSR count). The van der Waals surface area contributed by atoms with E-state index in [2.05, 4.69) is 127 Å². The van der Waals surface area contributed by atoms with E-state index >= 15 is 0 Å². The van der Waals surface area contributed by atoms with Gasteiger partial charge in [0.05, 0.1) is 16.9 Å². The summed E-state index contributed by atoms with van der Waals surface area (Å²) in [5, 5.41) is 5.79. The molecule has 0 radical (unpaired) electrons. The molecule has 0 aliphatic carbocycles. The van der Waals surface area contributed by atoms with Crippen LogP contribution in [0.15, 0.2) is 180 Å². The first-order valence-corrected chi connectivity index (χ1v) is 18.8. The number of fused-ring (bicyclic) bond motifs is 8. The Morgan fingerprint density at radius 2 is 1.07 bits per heavy atom. The molecule has 0 aliphatic heterocycles. The van der Waals surface area contributed by atoms with Crippen molar-refractivity contribution in [3.63, 3.8) is 0 Å². The maximum atomic E-state index is 6.72. The molecule has 252 valence electrons. The number of nitrogens with zero attached hydrogens (tertiary/aromatic N) is 3. The van der Waals surface area contributed by atoms with E-state index < -0.39 is 0 Å². The summed E-state index contributed by atoms with van der Waals surface area (Å²) in [5.74, 6) is 0.683. The Balaban J connectivity index is 1.11. The van der Waals surface area contributed by atoms with Crippen LogP contribution >= 0.6 is 11.3 Å². The summed E-state index contributed by atoms with van der Waals surface area (Å²) in [7, 11) is 0. The summed E-state index contributed by atoms with van der Waals surface area (Å²) in [6, 6.07) is 61.2. The first-order valence-electron chi connectivity index (χ1n) is 18.0. The van der Waals surface area contributed by atoms with Gasteiger partial charge >= 0.3 is 0 Å². The fourth-order valence-corrected chi connectivity index (χ4v) is 8.89. The molecule has 0 aliphatic rings. The minimum atomic E-state index is 0.683. The second-order valence-electron chi connectivity index (χ2n) is 13.5. The van der Waals surface area contributed by atoms with Gasteiger partial charge in [-0.15, -0.1) is 11.3 Å². The molecular formula is C49H29N3OS. The molecule has 4 aromatic heterocycles. The van der Waals surface area contributed by atoms with Crippen molar-refractivity contribution in [3.8, 4) is 56.3 Å². The molecule has 11 aromatic rings. The van der Waals surface area contributed by atoms with E-state index in [4.69, 9.17) is 19.4 Å². The van der Waals surface area contributed by atoms with Gasteiger partial charge in [0.25, 0.3) is 0 Å². The molecule has 0 amide bonds. The van der Waals surface area contributed by atoms with Crippen molar-refractivity contribution in [2.45, 2.75) is 0 Å². The van der Waals surface area contributed by atoms with Crippen LogP contribution in [0.4, 0.5) is 0 Å². The number of furan rings is 1. The Morgan fingerprint density at radius 3 is 1.93 bits per heavy atom. The van der Waals surface area contributed by atoms with Crippen LogP contribution in [0.5, 0.6) is 0 Å². The fourth-order valence-electron chi connectivity index (χ4n) is 7.76. The highest BCUT2D eigenvalue weighted by Crippen LogP contribution is 2.44. The summed E-state index contributed by atoms with van der Waals surface area (Å²) in [5.41, 5.74) is 11.4. The second-order valence-corrected chi connectivity index (χ2v) is 14.6. The number of benzene rings is 7. The van der Waals surface area contributed by atoms with E-state index in [1.54, 1.807) is 0 Å². The van der Waals surface area contributed by atoms with Gasteiger partial charge in [-0.05, 0) is 53.6 Å². The topological polar surface area (TPSA) is 51.8 Å². The van der Waals surface area contributed by atoms with Crippen molar-refractivity contribution in [3.05, 3.63) is 176 Å². The van der Waals surface area contributed by atoms with Gasteiger partial charge in [0, 0.05) is 58.6 Å². The van der Waals surface area contributed by atoms with Crippen molar-refractivity contribution in [2.75, 3.05) is 0 Å². The lowest BCUT2D eigenvalue weighted by Crippen LogP contribution is -1.96. The van der Waals surface area contributed by atoms with Gasteiger partial charge in [-0.3, -0.25) is 0 Å². The monoisotopic (exact) mass is 707 g/mol. The summed E-state index contributed by atoms with van der Waals surface area (Å²) in [6.45, 7) is 0. The maximum absolute atomic E-state index is 6.72. The van der Waals surface area contributed by atoms with Crippen molar-refractivity contribution in [1.29, 1.82) is 0 Å². The largest absolute Gasteiger partial charge is 0.454 e. The van der Waals surface area contributed by atoms with Crippen LogP contribution < -0.4 is 0 Å². The number of rotatable bonds is 5. The lowest BCUT2D eigenvalue weighted by atomic mass is 9.96. The minimum absolute atomic E-state index is 0.683. The fraction of sp³-hybridized carbons (Fsp3) is 0. The standard InChI is InChI=1S/C49H29N3OS/c1-3-13-30(14-4-1)40-29-41(52-49(51-40)31-15-5-2-6-16-31)33-17-11-18-34(27-33)47-48-46(36-19-7-9-22-42(36)53-48)38-28-32(25-26-39(38)50-47)35-21-12-24-44-45(35)37-20-8-10-23-43(37)54-44/h1-29H.